The van der Waals surface area contributed by atoms with Crippen molar-refractivity contribution in [1.29, 1.82) is 0 Å². The summed E-state index contributed by atoms with van der Waals surface area (Å²) in [6, 6.07) is 6.99. The predicted molar refractivity (Wildman–Crippen MR) is 87.0 cm³/mol. The summed E-state index contributed by atoms with van der Waals surface area (Å²) in [6.45, 7) is 4.39. The summed E-state index contributed by atoms with van der Waals surface area (Å²) in [7, 11) is 0. The van der Waals surface area contributed by atoms with Gasteiger partial charge in [-0.05, 0) is 49.4 Å². The van der Waals surface area contributed by atoms with Crippen molar-refractivity contribution in [1.82, 2.24) is 0 Å². The van der Waals surface area contributed by atoms with Crippen molar-refractivity contribution >= 4 is 11.6 Å². The topological polar surface area (TPSA) is 73.6 Å². The fourth-order valence-corrected chi connectivity index (χ4v) is 2.44. The number of rotatable bonds is 7. The SMILES string of the molecule is CCCC(N)C(=O)Nc1ccc(OCC2CCOCC2)cc1. The lowest BCUT2D eigenvalue weighted by Crippen LogP contribution is -2.35. The molecule has 1 amide bonds. The van der Waals surface area contributed by atoms with Crippen LogP contribution in [0, 0.1) is 5.92 Å². The zero-order chi connectivity index (χ0) is 15.8. The summed E-state index contributed by atoms with van der Waals surface area (Å²) in [5.74, 6) is 1.25. The molecule has 1 heterocycles. The van der Waals surface area contributed by atoms with E-state index in [1.54, 1.807) is 0 Å². The highest BCUT2D eigenvalue weighted by molar-refractivity contribution is 5.94. The smallest absolute Gasteiger partial charge is 0.241 e. The molecule has 1 aromatic rings. The number of carbonyl (C=O) groups is 1. The minimum absolute atomic E-state index is 0.141. The van der Waals surface area contributed by atoms with Crippen LogP contribution in [0.5, 0.6) is 5.75 Å². The Morgan fingerprint density at radius 3 is 2.68 bits per heavy atom. The fraction of sp³-hybridized carbons (Fsp3) is 0.588. The molecular weight excluding hydrogens is 280 g/mol. The van der Waals surface area contributed by atoms with Gasteiger partial charge in [0.25, 0.3) is 0 Å². The molecule has 1 aliphatic heterocycles. The minimum Gasteiger partial charge on any atom is -0.493 e. The number of hydrogen-bond acceptors (Lipinski definition) is 4. The van der Waals surface area contributed by atoms with Crippen LogP contribution in [0.1, 0.15) is 32.6 Å². The van der Waals surface area contributed by atoms with Crippen LogP contribution in [-0.2, 0) is 9.53 Å². The van der Waals surface area contributed by atoms with Gasteiger partial charge in [-0.2, -0.15) is 0 Å². The molecular formula is C17H26N2O3. The van der Waals surface area contributed by atoms with Crippen LogP contribution in [0.15, 0.2) is 24.3 Å². The summed E-state index contributed by atoms with van der Waals surface area (Å²) in [5, 5.41) is 2.82. The summed E-state index contributed by atoms with van der Waals surface area (Å²) < 4.78 is 11.1. The number of anilines is 1. The first kappa shape index (κ1) is 16.8. The van der Waals surface area contributed by atoms with Gasteiger partial charge < -0.3 is 20.5 Å². The van der Waals surface area contributed by atoms with Crippen molar-refractivity contribution in [2.75, 3.05) is 25.1 Å². The van der Waals surface area contributed by atoms with E-state index in [4.69, 9.17) is 15.2 Å². The van der Waals surface area contributed by atoms with Gasteiger partial charge in [-0.25, -0.2) is 0 Å². The van der Waals surface area contributed by atoms with Gasteiger partial charge in [0.05, 0.1) is 12.6 Å². The van der Waals surface area contributed by atoms with Crippen molar-refractivity contribution in [2.45, 2.75) is 38.6 Å². The molecule has 0 saturated carbocycles. The average Bonchev–Trinajstić information content (AvgIpc) is 2.55. The van der Waals surface area contributed by atoms with Gasteiger partial charge in [0.1, 0.15) is 5.75 Å². The maximum absolute atomic E-state index is 11.8. The van der Waals surface area contributed by atoms with E-state index in [1.807, 2.05) is 31.2 Å². The molecule has 0 aliphatic carbocycles. The van der Waals surface area contributed by atoms with Crippen molar-refractivity contribution < 1.29 is 14.3 Å². The molecule has 5 nitrogen and oxygen atoms in total. The molecule has 3 N–H and O–H groups in total. The van der Waals surface area contributed by atoms with Gasteiger partial charge in [0, 0.05) is 18.9 Å². The zero-order valence-electron chi connectivity index (χ0n) is 13.2. The Labute approximate surface area is 132 Å². The van der Waals surface area contributed by atoms with Crippen LogP contribution in [-0.4, -0.2) is 31.8 Å². The molecule has 1 aliphatic rings. The molecule has 0 bridgehead atoms. The van der Waals surface area contributed by atoms with E-state index in [-0.39, 0.29) is 5.91 Å². The minimum atomic E-state index is -0.450. The Morgan fingerprint density at radius 2 is 2.05 bits per heavy atom. The number of benzene rings is 1. The lowest BCUT2D eigenvalue weighted by Gasteiger charge is -2.22. The van der Waals surface area contributed by atoms with Crippen LogP contribution >= 0.6 is 0 Å². The monoisotopic (exact) mass is 306 g/mol. The molecule has 1 unspecified atom stereocenters. The number of amides is 1. The van der Waals surface area contributed by atoms with Crippen molar-refractivity contribution in [2.24, 2.45) is 11.7 Å². The first-order valence-electron chi connectivity index (χ1n) is 8.06. The van der Waals surface area contributed by atoms with Crippen LogP contribution in [0.2, 0.25) is 0 Å². The zero-order valence-corrected chi connectivity index (χ0v) is 13.2. The second-order valence-corrected chi connectivity index (χ2v) is 5.78. The lowest BCUT2D eigenvalue weighted by molar-refractivity contribution is -0.117. The van der Waals surface area contributed by atoms with E-state index >= 15 is 0 Å². The summed E-state index contributed by atoms with van der Waals surface area (Å²) >= 11 is 0. The molecule has 0 aromatic heterocycles. The molecule has 1 fully saturated rings. The molecule has 1 atom stereocenters. The molecule has 1 saturated heterocycles. The molecule has 22 heavy (non-hydrogen) atoms. The highest BCUT2D eigenvalue weighted by Crippen LogP contribution is 2.20. The van der Waals surface area contributed by atoms with Gasteiger partial charge in [-0.3, -0.25) is 4.79 Å². The summed E-state index contributed by atoms with van der Waals surface area (Å²) in [6.07, 6.45) is 3.71. The average molecular weight is 306 g/mol. The third-order valence-corrected chi connectivity index (χ3v) is 3.88. The third-order valence-electron chi connectivity index (χ3n) is 3.88. The normalized spacial score (nSPS) is 17.0. The second kappa shape index (κ2) is 8.76. The highest BCUT2D eigenvalue weighted by atomic mass is 16.5. The molecule has 122 valence electrons. The predicted octanol–water partition coefficient (Wildman–Crippen LogP) is 2.56. The Kier molecular flexibility index (Phi) is 6.68. The van der Waals surface area contributed by atoms with Gasteiger partial charge in [0.2, 0.25) is 5.91 Å². The summed E-state index contributed by atoms with van der Waals surface area (Å²) in [5.41, 5.74) is 6.53. The van der Waals surface area contributed by atoms with E-state index < -0.39 is 6.04 Å². The number of nitrogens with two attached hydrogens (primary N) is 1. The van der Waals surface area contributed by atoms with Gasteiger partial charge in [-0.15, -0.1) is 0 Å². The molecule has 1 aromatic carbocycles. The quantitative estimate of drug-likeness (QED) is 0.812. The molecule has 0 spiro atoms. The van der Waals surface area contributed by atoms with Crippen LogP contribution in [0.4, 0.5) is 5.69 Å². The number of nitrogens with one attached hydrogen (secondary N) is 1. The number of carbonyl (C=O) groups excluding carboxylic acids is 1. The number of hydrogen-bond donors (Lipinski definition) is 2. The van der Waals surface area contributed by atoms with E-state index in [2.05, 4.69) is 5.32 Å². The lowest BCUT2D eigenvalue weighted by atomic mass is 10.0. The second-order valence-electron chi connectivity index (χ2n) is 5.78. The Morgan fingerprint density at radius 1 is 1.36 bits per heavy atom. The third kappa shape index (κ3) is 5.31. The van der Waals surface area contributed by atoms with Gasteiger partial charge >= 0.3 is 0 Å². The van der Waals surface area contributed by atoms with E-state index in [0.717, 1.165) is 50.5 Å². The van der Waals surface area contributed by atoms with Crippen molar-refractivity contribution in [3.63, 3.8) is 0 Å². The van der Waals surface area contributed by atoms with Crippen molar-refractivity contribution in [3.8, 4) is 5.75 Å². The first-order chi connectivity index (χ1) is 10.7. The van der Waals surface area contributed by atoms with Gasteiger partial charge in [0.15, 0.2) is 0 Å². The largest absolute Gasteiger partial charge is 0.493 e. The van der Waals surface area contributed by atoms with Gasteiger partial charge in [-0.1, -0.05) is 13.3 Å². The molecule has 5 heteroatoms. The maximum Gasteiger partial charge on any atom is 0.241 e. The van der Waals surface area contributed by atoms with Crippen LogP contribution < -0.4 is 15.8 Å². The first-order valence-corrected chi connectivity index (χ1v) is 8.06. The molecule has 0 radical (unpaired) electrons. The molecule has 2 rings (SSSR count). The van der Waals surface area contributed by atoms with E-state index in [1.165, 1.54) is 0 Å². The van der Waals surface area contributed by atoms with E-state index in [0.29, 0.717) is 12.3 Å². The van der Waals surface area contributed by atoms with Crippen LogP contribution in [0.25, 0.3) is 0 Å². The van der Waals surface area contributed by atoms with E-state index in [9.17, 15) is 4.79 Å². The van der Waals surface area contributed by atoms with Crippen LogP contribution in [0.3, 0.4) is 0 Å². The standard InChI is InChI=1S/C17H26N2O3/c1-2-3-16(18)17(20)19-14-4-6-15(7-5-14)22-12-13-8-10-21-11-9-13/h4-7,13,16H,2-3,8-12,18H2,1H3,(H,19,20). The van der Waals surface area contributed by atoms with Crippen molar-refractivity contribution in [3.05, 3.63) is 24.3 Å². The maximum atomic E-state index is 11.8. The highest BCUT2D eigenvalue weighted by Gasteiger charge is 2.15. The Bertz CT molecular complexity index is 455. The Hall–Kier alpha value is -1.59. The number of ether oxygens (including phenoxy) is 2. The Balaban J connectivity index is 1.78. The summed E-state index contributed by atoms with van der Waals surface area (Å²) in [4.78, 5) is 11.8. The fourth-order valence-electron chi connectivity index (χ4n) is 2.44.